The number of benzene rings is 1. The molecule has 2 N–H and O–H groups in total. The van der Waals surface area contributed by atoms with Gasteiger partial charge in [-0.1, -0.05) is 6.07 Å². The van der Waals surface area contributed by atoms with E-state index in [1.54, 1.807) is 31.5 Å². The Bertz CT molecular complexity index is 587. The summed E-state index contributed by atoms with van der Waals surface area (Å²) < 4.78 is 5.05. The van der Waals surface area contributed by atoms with Crippen LogP contribution in [0.15, 0.2) is 36.5 Å². The molecule has 0 aliphatic heterocycles. The molecule has 0 unspecified atom stereocenters. The molecule has 0 atom stereocenters. The van der Waals surface area contributed by atoms with E-state index in [2.05, 4.69) is 11.1 Å². The fourth-order valence-electron chi connectivity index (χ4n) is 1.59. The minimum Gasteiger partial charge on any atom is -0.481 e. The highest BCUT2D eigenvalue weighted by atomic mass is 16.5. The molecular formula is C13H11N3O. The predicted molar refractivity (Wildman–Crippen MR) is 65.4 cm³/mol. The third-order valence-electron chi connectivity index (χ3n) is 2.42. The van der Waals surface area contributed by atoms with Gasteiger partial charge in [0.05, 0.1) is 18.7 Å². The largest absolute Gasteiger partial charge is 0.481 e. The van der Waals surface area contributed by atoms with Crippen LogP contribution in [0, 0.1) is 11.3 Å². The lowest BCUT2D eigenvalue weighted by Crippen LogP contribution is -1.91. The van der Waals surface area contributed by atoms with E-state index >= 15 is 0 Å². The van der Waals surface area contributed by atoms with E-state index in [-0.39, 0.29) is 0 Å². The lowest BCUT2D eigenvalue weighted by molar-refractivity contribution is 0.398. The zero-order chi connectivity index (χ0) is 12.3. The Morgan fingerprint density at radius 3 is 2.82 bits per heavy atom. The standard InChI is InChI=1S/C13H11N3O/c1-17-13-7-9(4-5-16-13)12-3-2-11(15)6-10(12)8-14/h2-7H,15H2,1H3. The zero-order valence-corrected chi connectivity index (χ0v) is 9.34. The first-order valence-electron chi connectivity index (χ1n) is 5.04. The summed E-state index contributed by atoms with van der Waals surface area (Å²) in [4.78, 5) is 4.03. The van der Waals surface area contributed by atoms with Gasteiger partial charge < -0.3 is 10.5 Å². The second kappa shape index (κ2) is 4.54. The molecule has 0 saturated carbocycles. The topological polar surface area (TPSA) is 71.9 Å². The number of rotatable bonds is 2. The molecule has 84 valence electrons. The van der Waals surface area contributed by atoms with Crippen molar-refractivity contribution in [2.45, 2.75) is 0 Å². The maximum Gasteiger partial charge on any atom is 0.213 e. The molecule has 0 spiro atoms. The number of pyridine rings is 1. The van der Waals surface area contributed by atoms with Crippen LogP contribution in [0.4, 0.5) is 5.69 Å². The van der Waals surface area contributed by atoms with Crippen molar-refractivity contribution in [3.05, 3.63) is 42.1 Å². The van der Waals surface area contributed by atoms with E-state index in [1.807, 2.05) is 12.1 Å². The second-order valence-corrected chi connectivity index (χ2v) is 3.50. The summed E-state index contributed by atoms with van der Waals surface area (Å²) in [5.74, 6) is 0.517. The van der Waals surface area contributed by atoms with Crippen molar-refractivity contribution in [2.75, 3.05) is 12.8 Å². The monoisotopic (exact) mass is 225 g/mol. The Labute approximate surface area is 99.3 Å². The number of aromatic nitrogens is 1. The molecule has 4 nitrogen and oxygen atoms in total. The van der Waals surface area contributed by atoms with Crippen molar-refractivity contribution in [3.8, 4) is 23.1 Å². The average molecular weight is 225 g/mol. The van der Waals surface area contributed by atoms with E-state index in [0.29, 0.717) is 17.1 Å². The maximum absolute atomic E-state index is 9.08. The summed E-state index contributed by atoms with van der Waals surface area (Å²) in [6.45, 7) is 0. The van der Waals surface area contributed by atoms with E-state index < -0.39 is 0 Å². The Kier molecular flexibility index (Phi) is 2.93. The van der Waals surface area contributed by atoms with Crippen LogP contribution in [0.2, 0.25) is 0 Å². The van der Waals surface area contributed by atoms with Gasteiger partial charge in [0.25, 0.3) is 0 Å². The van der Waals surface area contributed by atoms with Crippen molar-refractivity contribution in [1.82, 2.24) is 4.98 Å². The Balaban J connectivity index is 2.56. The van der Waals surface area contributed by atoms with Crippen LogP contribution in [-0.4, -0.2) is 12.1 Å². The smallest absolute Gasteiger partial charge is 0.213 e. The fraction of sp³-hybridized carbons (Fsp3) is 0.0769. The fourth-order valence-corrected chi connectivity index (χ4v) is 1.59. The Morgan fingerprint density at radius 2 is 2.12 bits per heavy atom. The molecule has 0 radical (unpaired) electrons. The lowest BCUT2D eigenvalue weighted by Gasteiger charge is -2.06. The summed E-state index contributed by atoms with van der Waals surface area (Å²) in [7, 11) is 1.56. The van der Waals surface area contributed by atoms with Crippen LogP contribution >= 0.6 is 0 Å². The van der Waals surface area contributed by atoms with Crippen LogP contribution in [0.3, 0.4) is 0 Å². The number of hydrogen-bond acceptors (Lipinski definition) is 4. The first kappa shape index (κ1) is 11.0. The average Bonchev–Trinajstić information content (AvgIpc) is 2.38. The number of hydrogen-bond donors (Lipinski definition) is 1. The van der Waals surface area contributed by atoms with Gasteiger partial charge in [0.1, 0.15) is 0 Å². The number of ether oxygens (including phenoxy) is 1. The Morgan fingerprint density at radius 1 is 1.29 bits per heavy atom. The van der Waals surface area contributed by atoms with Crippen molar-refractivity contribution >= 4 is 5.69 Å². The summed E-state index contributed by atoms with van der Waals surface area (Å²) in [5, 5.41) is 9.08. The number of nitriles is 1. The molecule has 0 aliphatic carbocycles. The van der Waals surface area contributed by atoms with Crippen LogP contribution < -0.4 is 10.5 Å². The van der Waals surface area contributed by atoms with Gasteiger partial charge in [-0.15, -0.1) is 0 Å². The van der Waals surface area contributed by atoms with E-state index in [9.17, 15) is 0 Å². The van der Waals surface area contributed by atoms with Gasteiger partial charge in [-0.2, -0.15) is 5.26 Å². The lowest BCUT2D eigenvalue weighted by atomic mass is 10.0. The zero-order valence-electron chi connectivity index (χ0n) is 9.34. The molecule has 1 aromatic heterocycles. The normalized spacial score (nSPS) is 9.65. The number of anilines is 1. The van der Waals surface area contributed by atoms with Gasteiger partial charge in [0.2, 0.25) is 5.88 Å². The van der Waals surface area contributed by atoms with Crippen LogP contribution in [-0.2, 0) is 0 Å². The Hall–Kier alpha value is -2.54. The summed E-state index contributed by atoms with van der Waals surface area (Å²) in [5.41, 5.74) is 8.47. The van der Waals surface area contributed by atoms with Crippen LogP contribution in [0.25, 0.3) is 11.1 Å². The number of nitrogens with two attached hydrogens (primary N) is 1. The van der Waals surface area contributed by atoms with Gasteiger partial charge in [-0.05, 0) is 29.3 Å². The third-order valence-corrected chi connectivity index (χ3v) is 2.42. The van der Waals surface area contributed by atoms with E-state index in [0.717, 1.165) is 11.1 Å². The second-order valence-electron chi connectivity index (χ2n) is 3.50. The molecule has 4 heteroatoms. The van der Waals surface area contributed by atoms with Gasteiger partial charge in [0.15, 0.2) is 0 Å². The first-order chi connectivity index (χ1) is 8.24. The molecule has 0 bridgehead atoms. The summed E-state index contributed by atoms with van der Waals surface area (Å²) in [6, 6.07) is 11.0. The molecular weight excluding hydrogens is 214 g/mol. The SMILES string of the molecule is COc1cc(-c2ccc(N)cc2C#N)ccn1. The predicted octanol–water partition coefficient (Wildman–Crippen LogP) is 2.21. The number of methoxy groups -OCH3 is 1. The molecule has 17 heavy (non-hydrogen) atoms. The van der Waals surface area contributed by atoms with Crippen molar-refractivity contribution in [3.63, 3.8) is 0 Å². The van der Waals surface area contributed by atoms with Crippen LogP contribution in [0.5, 0.6) is 5.88 Å². The number of nitrogens with zero attached hydrogens (tertiary/aromatic N) is 2. The third kappa shape index (κ3) is 2.18. The minimum absolute atomic E-state index is 0.517. The highest BCUT2D eigenvalue weighted by Crippen LogP contribution is 2.26. The molecule has 0 aliphatic rings. The molecule has 0 amide bonds. The van der Waals surface area contributed by atoms with Crippen molar-refractivity contribution < 1.29 is 4.74 Å². The van der Waals surface area contributed by atoms with Gasteiger partial charge >= 0.3 is 0 Å². The van der Waals surface area contributed by atoms with Gasteiger partial charge in [0, 0.05) is 18.0 Å². The van der Waals surface area contributed by atoms with Gasteiger partial charge in [-0.25, -0.2) is 4.98 Å². The summed E-state index contributed by atoms with van der Waals surface area (Å²) >= 11 is 0. The van der Waals surface area contributed by atoms with Crippen LogP contribution in [0.1, 0.15) is 5.56 Å². The van der Waals surface area contributed by atoms with E-state index in [1.165, 1.54) is 0 Å². The molecule has 0 fully saturated rings. The maximum atomic E-state index is 9.08. The minimum atomic E-state index is 0.517. The molecule has 2 rings (SSSR count). The summed E-state index contributed by atoms with van der Waals surface area (Å²) in [6.07, 6.45) is 1.64. The molecule has 0 saturated heterocycles. The molecule has 1 aromatic carbocycles. The number of nitrogen functional groups attached to an aromatic ring is 1. The van der Waals surface area contributed by atoms with Crippen molar-refractivity contribution in [2.24, 2.45) is 0 Å². The van der Waals surface area contributed by atoms with Crippen molar-refractivity contribution in [1.29, 1.82) is 5.26 Å². The highest BCUT2D eigenvalue weighted by molar-refractivity contribution is 5.73. The highest BCUT2D eigenvalue weighted by Gasteiger charge is 2.06. The quantitative estimate of drug-likeness (QED) is 0.795. The van der Waals surface area contributed by atoms with Gasteiger partial charge in [-0.3, -0.25) is 0 Å². The van der Waals surface area contributed by atoms with E-state index in [4.69, 9.17) is 15.7 Å². The molecule has 2 aromatic rings. The first-order valence-corrected chi connectivity index (χ1v) is 5.04. The molecule has 1 heterocycles.